The van der Waals surface area contributed by atoms with Gasteiger partial charge in [-0.1, -0.05) is 17.7 Å². The number of benzene rings is 1. The van der Waals surface area contributed by atoms with Crippen LogP contribution in [0, 0.1) is 0 Å². The second-order valence-corrected chi connectivity index (χ2v) is 10.5. The van der Waals surface area contributed by atoms with Crippen LogP contribution in [0.1, 0.15) is 22.4 Å². The first-order valence-corrected chi connectivity index (χ1v) is 12.2. The minimum Gasteiger partial charge on any atom is -0.316 e. The maximum absolute atomic E-state index is 12.8. The van der Waals surface area contributed by atoms with E-state index in [-0.39, 0.29) is 18.3 Å². The highest BCUT2D eigenvalue weighted by Crippen LogP contribution is 2.26. The Morgan fingerprint density at radius 3 is 2.67 bits per heavy atom. The number of sulfonamides is 1. The molecule has 2 aliphatic heterocycles. The Morgan fingerprint density at radius 2 is 1.93 bits per heavy atom. The summed E-state index contributed by atoms with van der Waals surface area (Å²) in [4.78, 5) is 15.3. The van der Waals surface area contributed by atoms with Crippen LogP contribution in [0.15, 0.2) is 35.7 Å². The molecular weight excluding hydrogens is 465 g/mol. The molecule has 0 aliphatic carbocycles. The van der Waals surface area contributed by atoms with Gasteiger partial charge in [0.25, 0.3) is 0 Å². The van der Waals surface area contributed by atoms with Crippen LogP contribution in [-0.4, -0.2) is 40.0 Å². The molecule has 30 heavy (non-hydrogen) atoms. The number of nitrogens with zero attached hydrogens (tertiary/aromatic N) is 1. The van der Waals surface area contributed by atoms with E-state index in [1.54, 1.807) is 17.0 Å². The average molecular weight is 488 g/mol. The van der Waals surface area contributed by atoms with Crippen LogP contribution >= 0.6 is 35.3 Å². The number of anilines is 1. The Kier molecular flexibility index (Phi) is 7.60. The van der Waals surface area contributed by atoms with Crippen molar-refractivity contribution >= 4 is 63.0 Å². The van der Waals surface area contributed by atoms with Gasteiger partial charge in [0.15, 0.2) is 0 Å². The minimum atomic E-state index is -3.73. The highest BCUT2D eigenvalue weighted by molar-refractivity contribution is 7.92. The van der Waals surface area contributed by atoms with Crippen LogP contribution in [0.3, 0.4) is 0 Å². The van der Waals surface area contributed by atoms with Crippen molar-refractivity contribution in [3.8, 4) is 0 Å². The molecular formula is C20H23Cl2N3O3S2. The number of rotatable bonds is 5. The first kappa shape index (κ1) is 23.2. The lowest BCUT2D eigenvalue weighted by Gasteiger charge is -2.19. The lowest BCUT2D eigenvalue weighted by Crippen LogP contribution is -2.40. The zero-order valence-corrected chi connectivity index (χ0v) is 19.3. The number of hydrogen-bond donors (Lipinski definition) is 2. The predicted molar refractivity (Wildman–Crippen MR) is 125 cm³/mol. The van der Waals surface area contributed by atoms with Gasteiger partial charge < -0.3 is 10.2 Å². The van der Waals surface area contributed by atoms with Crippen LogP contribution in [-0.2, 0) is 27.7 Å². The molecule has 1 fully saturated rings. The van der Waals surface area contributed by atoms with Crippen LogP contribution in [0.2, 0.25) is 4.34 Å². The van der Waals surface area contributed by atoms with E-state index in [0.29, 0.717) is 17.3 Å². The third kappa shape index (κ3) is 5.43. The third-order valence-corrected chi connectivity index (χ3v) is 7.47. The number of carbonyl (C=O) groups is 1. The molecule has 6 nitrogen and oxygen atoms in total. The monoisotopic (exact) mass is 487 g/mol. The van der Waals surface area contributed by atoms with Crippen LogP contribution < -0.4 is 14.9 Å². The maximum atomic E-state index is 12.8. The topological polar surface area (TPSA) is 78.5 Å². The first-order chi connectivity index (χ1) is 13.9. The molecule has 1 aromatic heterocycles. The number of fused-ring (bicyclic) bond motifs is 1. The minimum absolute atomic E-state index is 0. The van der Waals surface area contributed by atoms with Crippen molar-refractivity contribution in [3.05, 3.63) is 56.1 Å². The number of amides is 1. The molecule has 1 atom stereocenters. The Morgan fingerprint density at radius 1 is 1.17 bits per heavy atom. The van der Waals surface area contributed by atoms with Crippen molar-refractivity contribution in [2.24, 2.45) is 0 Å². The summed E-state index contributed by atoms with van der Waals surface area (Å²) in [7, 11) is -3.73. The number of halogens is 2. The first-order valence-electron chi connectivity index (χ1n) is 9.51. The summed E-state index contributed by atoms with van der Waals surface area (Å²) < 4.78 is 27.9. The van der Waals surface area contributed by atoms with Gasteiger partial charge in [-0.15, -0.1) is 23.7 Å². The van der Waals surface area contributed by atoms with Gasteiger partial charge in [-0.05, 0) is 73.8 Å². The fourth-order valence-electron chi connectivity index (χ4n) is 3.69. The zero-order valence-electron chi connectivity index (χ0n) is 16.1. The molecule has 2 N–H and O–H groups in total. The lowest BCUT2D eigenvalue weighted by molar-refractivity contribution is -0.118. The van der Waals surface area contributed by atoms with Gasteiger partial charge in [-0.25, -0.2) is 8.42 Å². The number of hydrogen-bond acceptors (Lipinski definition) is 5. The lowest BCUT2D eigenvalue weighted by atomic mass is 10.0. The number of thiophene rings is 1. The summed E-state index contributed by atoms with van der Waals surface area (Å²) in [6.45, 7) is 2.38. The summed E-state index contributed by atoms with van der Waals surface area (Å²) in [5.41, 5.74) is 3.39. The van der Waals surface area contributed by atoms with Gasteiger partial charge in [0.05, 0.1) is 4.34 Å². The van der Waals surface area contributed by atoms with E-state index in [4.69, 9.17) is 11.6 Å². The molecule has 0 bridgehead atoms. The molecule has 3 heterocycles. The van der Waals surface area contributed by atoms with E-state index < -0.39 is 16.1 Å². The van der Waals surface area contributed by atoms with E-state index in [1.807, 2.05) is 6.07 Å². The molecule has 162 valence electrons. The van der Waals surface area contributed by atoms with Gasteiger partial charge in [0.2, 0.25) is 15.9 Å². The van der Waals surface area contributed by atoms with Crippen molar-refractivity contribution in [3.63, 3.8) is 0 Å². The van der Waals surface area contributed by atoms with Gasteiger partial charge in [-0.3, -0.25) is 4.79 Å². The quantitative estimate of drug-likeness (QED) is 0.678. The van der Waals surface area contributed by atoms with Gasteiger partial charge in [0, 0.05) is 22.5 Å². The summed E-state index contributed by atoms with van der Waals surface area (Å²) in [5, 5.41) is 4.46. The Balaban J connectivity index is 0.00000256. The van der Waals surface area contributed by atoms with Crippen LogP contribution in [0.4, 0.5) is 5.69 Å². The molecule has 0 saturated carbocycles. The third-order valence-electron chi connectivity index (χ3n) is 5.16. The van der Waals surface area contributed by atoms with Crippen molar-refractivity contribution < 1.29 is 13.2 Å². The fourth-order valence-corrected chi connectivity index (χ4v) is 5.76. The summed E-state index contributed by atoms with van der Waals surface area (Å²) in [6.07, 6.45) is 3.83. The molecule has 2 aromatic rings. The van der Waals surface area contributed by atoms with E-state index in [2.05, 4.69) is 22.2 Å². The molecule has 0 spiro atoms. The average Bonchev–Trinajstić information content (AvgIpc) is 3.17. The summed E-state index contributed by atoms with van der Waals surface area (Å²) >= 11 is 7.15. The summed E-state index contributed by atoms with van der Waals surface area (Å²) in [6, 6.07) is 8.81. The molecule has 2 aliphatic rings. The molecule has 1 amide bonds. The molecule has 0 radical (unpaired) electrons. The van der Waals surface area contributed by atoms with Crippen molar-refractivity contribution in [2.45, 2.75) is 25.3 Å². The molecule has 4 rings (SSSR count). The highest BCUT2D eigenvalue weighted by Gasteiger charge is 2.35. The van der Waals surface area contributed by atoms with Gasteiger partial charge in [0.1, 0.15) is 6.04 Å². The smallest absolute Gasteiger partial charge is 0.245 e. The highest BCUT2D eigenvalue weighted by atomic mass is 35.5. The van der Waals surface area contributed by atoms with Crippen molar-refractivity contribution in [1.82, 2.24) is 10.0 Å². The van der Waals surface area contributed by atoms with E-state index >= 15 is 0 Å². The standard InChI is InChI=1S/C20H22ClN3O3S2.ClH/c21-19-4-3-17(28-19)8-12-29(26,27)23-18-7-11-24(20(18)25)16-2-1-14-5-9-22-10-6-15(14)13-16;/h1-4,8,12-13,18,22-23H,5-7,9-11H2;1H/t18-;/m0./s1. The van der Waals surface area contributed by atoms with Gasteiger partial charge >= 0.3 is 0 Å². The van der Waals surface area contributed by atoms with E-state index in [9.17, 15) is 13.2 Å². The summed E-state index contributed by atoms with van der Waals surface area (Å²) in [5.74, 6) is -0.215. The van der Waals surface area contributed by atoms with Crippen molar-refractivity contribution in [2.75, 3.05) is 24.5 Å². The van der Waals surface area contributed by atoms with E-state index in [0.717, 1.165) is 41.9 Å². The SMILES string of the molecule is Cl.O=C1[C@@H](NS(=O)(=O)C=Cc2ccc(Cl)s2)CCN1c1ccc2c(c1)CCNCC2. The molecule has 10 heteroatoms. The van der Waals surface area contributed by atoms with Crippen LogP contribution in [0.5, 0.6) is 0 Å². The predicted octanol–water partition coefficient (Wildman–Crippen LogP) is 3.21. The largest absolute Gasteiger partial charge is 0.316 e. The Labute approximate surface area is 191 Å². The molecule has 0 unspecified atom stereocenters. The maximum Gasteiger partial charge on any atom is 0.245 e. The molecule has 1 saturated heterocycles. The van der Waals surface area contributed by atoms with Crippen LogP contribution in [0.25, 0.3) is 6.08 Å². The van der Waals surface area contributed by atoms with E-state index in [1.165, 1.54) is 28.5 Å². The Bertz CT molecular complexity index is 1050. The zero-order chi connectivity index (χ0) is 20.4. The molecule has 1 aromatic carbocycles. The van der Waals surface area contributed by atoms with Crippen molar-refractivity contribution in [1.29, 1.82) is 0 Å². The second-order valence-electron chi connectivity index (χ2n) is 7.14. The number of carbonyl (C=O) groups excluding carboxylic acids is 1. The van der Waals surface area contributed by atoms with Gasteiger partial charge in [-0.2, -0.15) is 4.72 Å². The fraction of sp³-hybridized carbons (Fsp3) is 0.350. The number of nitrogens with one attached hydrogen (secondary N) is 2. The normalized spacial score (nSPS) is 19.6. The second kappa shape index (κ2) is 9.80. The Hall–Kier alpha value is -1.42.